The Morgan fingerprint density at radius 2 is 1.86 bits per heavy atom. The summed E-state index contributed by atoms with van der Waals surface area (Å²) >= 11 is 0. The van der Waals surface area contributed by atoms with Gasteiger partial charge in [0, 0.05) is 9.80 Å². The van der Waals surface area contributed by atoms with Gasteiger partial charge in [-0.3, -0.25) is 0 Å². The molecule has 0 radical (unpaired) electrons. The fraction of sp³-hybridized carbons (Fsp3) is 0.579. The van der Waals surface area contributed by atoms with Crippen molar-refractivity contribution < 1.29 is 8.95 Å². The molecule has 1 unspecified atom stereocenters. The topological polar surface area (TPSA) is 29.6 Å². The first-order valence-corrected chi connectivity index (χ1v) is 9.66. The van der Waals surface area contributed by atoms with Crippen LogP contribution in [0.4, 0.5) is 0 Å². The summed E-state index contributed by atoms with van der Waals surface area (Å²) in [4.78, 5) is 1.87. The summed E-state index contributed by atoms with van der Waals surface area (Å²) in [6.45, 7) is 6.43. The molecule has 3 atom stereocenters. The van der Waals surface area contributed by atoms with E-state index in [1.165, 1.54) is 18.4 Å². The molecule has 1 aliphatic rings. The molecule has 0 saturated carbocycles. The number of rotatable bonds is 9. The molecule has 0 N–H and O–H groups in total. The molecule has 1 aromatic rings. The third-order valence-corrected chi connectivity index (χ3v) is 5.58. The van der Waals surface area contributed by atoms with Crippen LogP contribution in [-0.2, 0) is 15.5 Å². The Morgan fingerprint density at radius 1 is 1.18 bits per heavy atom. The number of allylic oxidation sites excluding steroid dienone is 1. The fourth-order valence-corrected chi connectivity index (χ4v) is 3.90. The van der Waals surface area contributed by atoms with Gasteiger partial charge in [-0.15, -0.1) is 0 Å². The molecule has 1 saturated heterocycles. The Hall–Kier alpha value is -0.930. The first-order chi connectivity index (χ1) is 10.7. The quantitative estimate of drug-likeness (QED) is 0.466. The fourth-order valence-electron chi connectivity index (χ4n) is 2.56. The molecular weight excluding hydrogens is 292 g/mol. The zero-order chi connectivity index (χ0) is 15.9. The highest BCUT2D eigenvalue weighted by Crippen LogP contribution is 2.36. The normalized spacial score (nSPS) is 22.6. The van der Waals surface area contributed by atoms with Crippen LogP contribution < -0.4 is 0 Å². The second kappa shape index (κ2) is 8.64. The summed E-state index contributed by atoms with van der Waals surface area (Å²) in [5.74, 6) is 0. The summed E-state index contributed by atoms with van der Waals surface area (Å²) < 4.78 is 18.7. The van der Waals surface area contributed by atoms with E-state index in [1.807, 2.05) is 24.3 Å². The zero-order valence-electron chi connectivity index (χ0n) is 14.0. The average Bonchev–Trinajstić information content (AvgIpc) is 3.29. The van der Waals surface area contributed by atoms with Gasteiger partial charge >= 0.3 is 0 Å². The highest BCUT2D eigenvalue weighted by molar-refractivity contribution is 7.89. The highest BCUT2D eigenvalue weighted by atomic mass is 32.2. The SMILES string of the molecule is CCCC/C=C(\[C@@H]1O[C@H]1CCCC)S(=O)c1ccc(C)cc1. The maximum Gasteiger partial charge on any atom is 0.117 e. The lowest BCUT2D eigenvalue weighted by Crippen LogP contribution is -2.06. The van der Waals surface area contributed by atoms with Crippen LogP contribution in [0.15, 0.2) is 40.1 Å². The van der Waals surface area contributed by atoms with E-state index >= 15 is 0 Å². The lowest BCUT2D eigenvalue weighted by Gasteiger charge is -2.06. The number of epoxide rings is 1. The smallest absolute Gasteiger partial charge is 0.117 e. The number of hydrogen-bond acceptors (Lipinski definition) is 2. The van der Waals surface area contributed by atoms with Crippen LogP contribution in [0.1, 0.15) is 57.9 Å². The lowest BCUT2D eigenvalue weighted by molar-refractivity contribution is 0.373. The highest BCUT2D eigenvalue weighted by Gasteiger charge is 2.43. The van der Waals surface area contributed by atoms with Crippen LogP contribution in [0.5, 0.6) is 0 Å². The van der Waals surface area contributed by atoms with Gasteiger partial charge in [-0.1, -0.05) is 63.3 Å². The van der Waals surface area contributed by atoms with Crippen LogP contribution in [0.25, 0.3) is 0 Å². The van der Waals surface area contributed by atoms with E-state index in [0.29, 0.717) is 0 Å². The first-order valence-electron chi connectivity index (χ1n) is 8.51. The van der Waals surface area contributed by atoms with Crippen molar-refractivity contribution in [2.75, 3.05) is 0 Å². The van der Waals surface area contributed by atoms with Gasteiger partial charge in [-0.2, -0.15) is 0 Å². The molecule has 1 aliphatic heterocycles. The third kappa shape index (κ3) is 4.79. The summed E-state index contributed by atoms with van der Waals surface area (Å²) in [5.41, 5.74) is 1.20. The third-order valence-electron chi connectivity index (χ3n) is 4.06. The summed E-state index contributed by atoms with van der Waals surface area (Å²) in [7, 11) is -1.09. The molecule has 0 bridgehead atoms. The number of unbranched alkanes of at least 4 members (excludes halogenated alkanes) is 3. The Kier molecular flexibility index (Phi) is 6.84. The molecule has 1 heterocycles. The van der Waals surface area contributed by atoms with Crippen molar-refractivity contribution in [3.8, 4) is 0 Å². The zero-order valence-corrected chi connectivity index (χ0v) is 14.8. The minimum absolute atomic E-state index is 0.0746. The molecule has 0 amide bonds. The summed E-state index contributed by atoms with van der Waals surface area (Å²) in [6, 6.07) is 8.00. The van der Waals surface area contributed by atoms with E-state index in [-0.39, 0.29) is 12.2 Å². The van der Waals surface area contributed by atoms with Crippen molar-refractivity contribution in [3.63, 3.8) is 0 Å². The molecule has 2 rings (SSSR count). The largest absolute Gasteiger partial charge is 0.364 e. The Labute approximate surface area is 137 Å². The van der Waals surface area contributed by atoms with Crippen molar-refractivity contribution in [3.05, 3.63) is 40.8 Å². The molecular formula is C19H28O2S. The van der Waals surface area contributed by atoms with Gasteiger partial charge in [-0.25, -0.2) is 4.21 Å². The van der Waals surface area contributed by atoms with Crippen LogP contribution in [-0.4, -0.2) is 16.4 Å². The first kappa shape index (κ1) is 17.4. The van der Waals surface area contributed by atoms with Crippen molar-refractivity contribution in [1.29, 1.82) is 0 Å². The minimum atomic E-state index is -1.09. The van der Waals surface area contributed by atoms with Crippen molar-refractivity contribution in [2.24, 2.45) is 0 Å². The van der Waals surface area contributed by atoms with Crippen LogP contribution in [0, 0.1) is 6.92 Å². The Morgan fingerprint density at radius 3 is 2.50 bits per heavy atom. The molecule has 1 aromatic carbocycles. The van der Waals surface area contributed by atoms with Gasteiger partial charge in [0.15, 0.2) is 0 Å². The molecule has 1 fully saturated rings. The number of hydrogen-bond donors (Lipinski definition) is 0. The van der Waals surface area contributed by atoms with E-state index in [4.69, 9.17) is 4.74 Å². The predicted octanol–water partition coefficient (Wildman–Crippen LogP) is 5.13. The average molecular weight is 320 g/mol. The molecule has 122 valence electrons. The molecule has 3 heteroatoms. The van der Waals surface area contributed by atoms with Crippen molar-refractivity contribution in [2.45, 2.75) is 76.4 Å². The maximum atomic E-state index is 12.9. The molecule has 0 aliphatic carbocycles. The number of aryl methyl sites for hydroxylation is 1. The van der Waals surface area contributed by atoms with E-state index < -0.39 is 10.8 Å². The van der Waals surface area contributed by atoms with Gasteiger partial charge in [0.1, 0.15) is 6.10 Å². The molecule has 22 heavy (non-hydrogen) atoms. The van der Waals surface area contributed by atoms with Crippen LogP contribution >= 0.6 is 0 Å². The van der Waals surface area contributed by atoms with Gasteiger partial charge in [0.2, 0.25) is 0 Å². The second-order valence-electron chi connectivity index (χ2n) is 6.07. The van der Waals surface area contributed by atoms with E-state index in [9.17, 15) is 4.21 Å². The van der Waals surface area contributed by atoms with E-state index in [0.717, 1.165) is 35.5 Å². The molecule has 0 aromatic heterocycles. The minimum Gasteiger partial charge on any atom is -0.364 e. The van der Waals surface area contributed by atoms with Gasteiger partial charge < -0.3 is 4.74 Å². The molecule has 2 nitrogen and oxygen atoms in total. The Bertz CT molecular complexity index is 519. The van der Waals surface area contributed by atoms with Crippen LogP contribution in [0.2, 0.25) is 0 Å². The van der Waals surface area contributed by atoms with Gasteiger partial charge in [0.05, 0.1) is 16.9 Å². The molecule has 0 spiro atoms. The lowest BCUT2D eigenvalue weighted by atomic mass is 10.1. The van der Waals surface area contributed by atoms with Gasteiger partial charge in [-0.05, 0) is 31.9 Å². The van der Waals surface area contributed by atoms with Crippen molar-refractivity contribution >= 4 is 10.8 Å². The number of ether oxygens (including phenoxy) is 1. The van der Waals surface area contributed by atoms with E-state index in [1.54, 1.807) is 0 Å². The summed E-state index contributed by atoms with van der Waals surface area (Å²) in [5, 5.41) is 0. The van der Waals surface area contributed by atoms with Crippen molar-refractivity contribution in [1.82, 2.24) is 0 Å². The number of benzene rings is 1. The second-order valence-corrected chi connectivity index (χ2v) is 7.55. The Balaban J connectivity index is 2.09. The standard InChI is InChI=1S/C19H28O2S/c1-4-6-8-10-18(19-17(21-19)9-7-5-2)22(20)16-13-11-15(3)12-14-16/h10-14,17,19H,4-9H2,1-3H3/b18-10+/t17-,19+,22?/m0/s1. The summed E-state index contributed by atoms with van der Waals surface area (Å²) in [6.07, 6.45) is 9.25. The maximum absolute atomic E-state index is 12.9. The monoisotopic (exact) mass is 320 g/mol. The van der Waals surface area contributed by atoms with Gasteiger partial charge in [0.25, 0.3) is 0 Å². The van der Waals surface area contributed by atoms with Crippen LogP contribution in [0.3, 0.4) is 0 Å². The van der Waals surface area contributed by atoms with E-state index in [2.05, 4.69) is 26.8 Å². The predicted molar refractivity (Wildman–Crippen MR) is 93.4 cm³/mol.